The van der Waals surface area contributed by atoms with Crippen LogP contribution in [0.15, 0.2) is 0 Å². The Morgan fingerprint density at radius 3 is 2.79 bits per heavy atom. The van der Waals surface area contributed by atoms with E-state index in [4.69, 9.17) is 30.4 Å². The smallest absolute Gasteiger partial charge is 0.201 e. The Morgan fingerprint density at radius 1 is 1.17 bits per heavy atom. The van der Waals surface area contributed by atoms with Crippen molar-refractivity contribution in [2.45, 2.75) is 76.8 Å². The summed E-state index contributed by atoms with van der Waals surface area (Å²) in [6, 6.07) is 0. The first-order valence-electron chi connectivity index (χ1n) is 9.25. The van der Waals surface area contributed by atoms with Crippen molar-refractivity contribution in [1.82, 2.24) is 0 Å². The predicted molar refractivity (Wildman–Crippen MR) is 86.2 cm³/mol. The van der Waals surface area contributed by atoms with E-state index in [9.17, 15) is 0 Å². The van der Waals surface area contributed by atoms with Gasteiger partial charge in [-0.15, -0.1) is 12.3 Å². The van der Waals surface area contributed by atoms with Crippen LogP contribution in [0.3, 0.4) is 0 Å². The maximum absolute atomic E-state index is 6.29. The first-order valence-corrected chi connectivity index (χ1v) is 9.25. The Kier molecular flexibility index (Phi) is 4.18. The van der Waals surface area contributed by atoms with Crippen molar-refractivity contribution in [3.63, 3.8) is 0 Å². The fourth-order valence-electron chi connectivity index (χ4n) is 5.30. The molecule has 1 saturated carbocycles. The van der Waals surface area contributed by atoms with Gasteiger partial charge in [-0.05, 0) is 38.0 Å². The Morgan fingerprint density at radius 2 is 2.00 bits per heavy atom. The van der Waals surface area contributed by atoms with Crippen LogP contribution < -0.4 is 0 Å². The number of ether oxygens (including phenoxy) is 3. The lowest BCUT2D eigenvalue weighted by Crippen LogP contribution is -2.70. The van der Waals surface area contributed by atoms with Crippen molar-refractivity contribution in [3.05, 3.63) is 0 Å². The minimum Gasteiger partial charge on any atom is -0.351 e. The normalized spacial score (nSPS) is 53.1. The third-order valence-corrected chi connectivity index (χ3v) is 6.63. The lowest BCUT2D eigenvalue weighted by molar-refractivity contribution is -0.577. The number of hydrogen-bond donors (Lipinski definition) is 0. The van der Waals surface area contributed by atoms with E-state index in [2.05, 4.69) is 19.8 Å². The molecule has 0 unspecified atom stereocenters. The highest BCUT2D eigenvalue weighted by molar-refractivity contribution is 5.09. The van der Waals surface area contributed by atoms with Crippen LogP contribution in [0.2, 0.25) is 0 Å². The van der Waals surface area contributed by atoms with Gasteiger partial charge in [0.1, 0.15) is 0 Å². The lowest BCUT2D eigenvalue weighted by atomic mass is 9.58. The molecular formula is C19H28O5. The van der Waals surface area contributed by atoms with Crippen molar-refractivity contribution in [3.8, 4) is 12.3 Å². The fourth-order valence-corrected chi connectivity index (χ4v) is 5.30. The zero-order valence-corrected chi connectivity index (χ0v) is 14.8. The van der Waals surface area contributed by atoms with E-state index in [-0.39, 0.29) is 12.2 Å². The van der Waals surface area contributed by atoms with E-state index in [1.54, 1.807) is 0 Å². The summed E-state index contributed by atoms with van der Waals surface area (Å²) in [4.78, 5) is 11.9. The zero-order valence-electron chi connectivity index (χ0n) is 14.8. The Balaban J connectivity index is 1.66. The van der Waals surface area contributed by atoms with E-state index < -0.39 is 17.7 Å². The van der Waals surface area contributed by atoms with Gasteiger partial charge in [0, 0.05) is 24.7 Å². The number of fused-ring (bicyclic) bond motifs is 2. The average molecular weight is 336 g/mol. The van der Waals surface area contributed by atoms with Gasteiger partial charge >= 0.3 is 0 Å². The monoisotopic (exact) mass is 336 g/mol. The van der Waals surface area contributed by atoms with Gasteiger partial charge in [-0.1, -0.05) is 13.8 Å². The predicted octanol–water partition coefficient (Wildman–Crippen LogP) is 3.23. The van der Waals surface area contributed by atoms with Crippen LogP contribution in [0.5, 0.6) is 0 Å². The van der Waals surface area contributed by atoms with Gasteiger partial charge in [0.05, 0.1) is 6.61 Å². The molecule has 4 aliphatic heterocycles. The van der Waals surface area contributed by atoms with Gasteiger partial charge in [0.2, 0.25) is 5.79 Å². The molecule has 0 radical (unpaired) electrons. The average Bonchev–Trinajstić information content (AvgIpc) is 2.78. The third kappa shape index (κ3) is 2.35. The summed E-state index contributed by atoms with van der Waals surface area (Å²) >= 11 is 0. The molecule has 134 valence electrons. The summed E-state index contributed by atoms with van der Waals surface area (Å²) in [5.74, 6) is 3.36. The van der Waals surface area contributed by atoms with E-state index in [1.807, 2.05) is 6.92 Å². The summed E-state index contributed by atoms with van der Waals surface area (Å²) < 4.78 is 18.5. The highest BCUT2D eigenvalue weighted by atomic mass is 17.3. The van der Waals surface area contributed by atoms with Crippen molar-refractivity contribution < 1.29 is 24.0 Å². The molecule has 0 aromatic heterocycles. The van der Waals surface area contributed by atoms with Crippen molar-refractivity contribution in [2.24, 2.45) is 23.7 Å². The molecule has 5 rings (SSSR count). The largest absolute Gasteiger partial charge is 0.351 e. The quantitative estimate of drug-likeness (QED) is 0.450. The molecule has 1 aliphatic carbocycles. The van der Waals surface area contributed by atoms with E-state index in [0.717, 1.165) is 19.3 Å². The SMILES string of the molecule is C#CCCO[C@H]1O[C@@H]2O[C@@]3(C)CC[C@H]4[C@H](C)CC[C@@H]([C@H]1C)[C@@]24OO3. The summed E-state index contributed by atoms with van der Waals surface area (Å²) in [5, 5.41) is 0. The molecule has 5 nitrogen and oxygen atoms in total. The topological polar surface area (TPSA) is 46.2 Å². The van der Waals surface area contributed by atoms with Crippen molar-refractivity contribution in [1.29, 1.82) is 0 Å². The van der Waals surface area contributed by atoms with Crippen LogP contribution in [0.4, 0.5) is 0 Å². The molecular weight excluding hydrogens is 308 g/mol. The number of rotatable bonds is 3. The summed E-state index contributed by atoms with van der Waals surface area (Å²) in [5.41, 5.74) is -0.515. The number of hydrogen-bond acceptors (Lipinski definition) is 5. The summed E-state index contributed by atoms with van der Waals surface area (Å²) in [6.45, 7) is 6.95. The molecule has 8 atom stereocenters. The highest BCUT2D eigenvalue weighted by Gasteiger charge is 2.69. The second kappa shape index (κ2) is 5.96. The molecule has 0 N–H and O–H groups in total. The van der Waals surface area contributed by atoms with Crippen molar-refractivity contribution >= 4 is 0 Å². The molecule has 0 aromatic rings. The van der Waals surface area contributed by atoms with Crippen LogP contribution >= 0.6 is 0 Å². The molecule has 4 heterocycles. The molecule has 0 aromatic carbocycles. The van der Waals surface area contributed by atoms with Gasteiger partial charge in [0.25, 0.3) is 0 Å². The van der Waals surface area contributed by atoms with Gasteiger partial charge in [0.15, 0.2) is 18.2 Å². The van der Waals surface area contributed by atoms with Gasteiger partial charge in [-0.2, -0.15) is 0 Å². The molecule has 5 fully saturated rings. The Hall–Kier alpha value is -0.640. The Bertz CT molecular complexity index is 530. The van der Waals surface area contributed by atoms with Crippen LogP contribution in [-0.4, -0.2) is 30.6 Å². The van der Waals surface area contributed by atoms with E-state index in [0.29, 0.717) is 30.8 Å². The van der Waals surface area contributed by atoms with Crippen LogP contribution in [0, 0.1) is 36.0 Å². The van der Waals surface area contributed by atoms with Crippen LogP contribution in [0.25, 0.3) is 0 Å². The second-order valence-electron chi connectivity index (χ2n) is 8.10. The Labute approximate surface area is 144 Å². The van der Waals surface area contributed by atoms with Gasteiger partial charge in [-0.25, -0.2) is 9.78 Å². The minimum absolute atomic E-state index is 0.212. The van der Waals surface area contributed by atoms with Crippen molar-refractivity contribution in [2.75, 3.05) is 6.61 Å². The van der Waals surface area contributed by atoms with E-state index >= 15 is 0 Å². The van der Waals surface area contributed by atoms with Crippen LogP contribution in [0.1, 0.15) is 52.9 Å². The molecule has 1 spiro atoms. The fraction of sp³-hybridized carbons (Fsp3) is 0.895. The maximum atomic E-state index is 6.29. The molecule has 5 aliphatic rings. The molecule has 2 bridgehead atoms. The van der Waals surface area contributed by atoms with Gasteiger partial charge in [-0.3, -0.25) is 0 Å². The second-order valence-corrected chi connectivity index (χ2v) is 8.10. The van der Waals surface area contributed by atoms with Crippen LogP contribution in [-0.2, 0) is 24.0 Å². The first-order chi connectivity index (χ1) is 11.5. The molecule has 0 amide bonds. The molecule has 24 heavy (non-hydrogen) atoms. The third-order valence-electron chi connectivity index (χ3n) is 6.63. The molecule has 4 saturated heterocycles. The van der Waals surface area contributed by atoms with Gasteiger partial charge < -0.3 is 14.2 Å². The summed E-state index contributed by atoms with van der Waals surface area (Å²) in [6.07, 6.45) is 9.33. The maximum Gasteiger partial charge on any atom is 0.201 e. The summed E-state index contributed by atoms with van der Waals surface area (Å²) in [7, 11) is 0. The highest BCUT2D eigenvalue weighted by Crippen LogP contribution is 2.60. The lowest BCUT2D eigenvalue weighted by Gasteiger charge is -2.60. The molecule has 5 heteroatoms. The minimum atomic E-state index is -0.735. The number of terminal acetylenes is 1. The standard InChI is InChI=1S/C19H28O5/c1-5-6-11-20-16-13(3)15-8-7-12(2)14-9-10-18(4)22-17(21-16)19(14,15)24-23-18/h1,12-17H,6-11H2,2-4H3/t12-,13-,14+,15+,16+,17-,18-,19-/m1/s1. The van der Waals surface area contributed by atoms with E-state index in [1.165, 1.54) is 6.42 Å². The zero-order chi connectivity index (χ0) is 16.9. The first kappa shape index (κ1) is 16.8.